The molecule has 2 amide bonds. The minimum Gasteiger partial charge on any atom is -0.457 e. The van der Waals surface area contributed by atoms with Crippen molar-refractivity contribution in [2.24, 2.45) is 0 Å². The van der Waals surface area contributed by atoms with Crippen LogP contribution in [0.2, 0.25) is 0 Å². The summed E-state index contributed by atoms with van der Waals surface area (Å²) < 4.78 is 6.06. The van der Waals surface area contributed by atoms with Gasteiger partial charge in [0.1, 0.15) is 11.5 Å². The Morgan fingerprint density at radius 1 is 0.889 bits per heavy atom. The molecule has 0 radical (unpaired) electrons. The van der Waals surface area contributed by atoms with Crippen LogP contribution < -0.4 is 10.2 Å². The molecule has 1 aliphatic carbocycles. The van der Waals surface area contributed by atoms with Crippen LogP contribution in [-0.4, -0.2) is 34.9 Å². The molecule has 1 fully saturated rings. The Balaban J connectivity index is 1.34. The third kappa shape index (κ3) is 5.93. The first-order valence-electron chi connectivity index (χ1n) is 15.1. The lowest BCUT2D eigenvalue weighted by Gasteiger charge is -2.44. The average Bonchev–Trinajstić information content (AvgIpc) is 3.29. The van der Waals surface area contributed by atoms with E-state index in [1.165, 1.54) is 24.3 Å². The summed E-state index contributed by atoms with van der Waals surface area (Å²) in [5.41, 5.74) is 2.43. The molecule has 0 unspecified atom stereocenters. The second kappa shape index (κ2) is 12.7. The van der Waals surface area contributed by atoms with E-state index in [-0.39, 0.29) is 29.5 Å². The number of fused-ring (bicyclic) bond motifs is 2. The fourth-order valence-corrected chi connectivity index (χ4v) is 6.65. The molecule has 2 aliphatic rings. The average molecular weight is 604 g/mol. The van der Waals surface area contributed by atoms with Gasteiger partial charge in [0.15, 0.2) is 0 Å². The number of carbonyl (C=O) groups is 3. The van der Waals surface area contributed by atoms with Crippen molar-refractivity contribution in [1.82, 2.24) is 5.32 Å². The molecule has 1 spiro atoms. The zero-order chi connectivity index (χ0) is 31.4. The van der Waals surface area contributed by atoms with Crippen molar-refractivity contribution in [3.05, 3.63) is 142 Å². The molecule has 9 heteroatoms. The third-order valence-electron chi connectivity index (χ3n) is 8.82. The second-order valence-corrected chi connectivity index (χ2v) is 11.5. The van der Waals surface area contributed by atoms with Crippen LogP contribution in [0.1, 0.15) is 52.7 Å². The molecular formula is C36H33N3O6. The summed E-state index contributed by atoms with van der Waals surface area (Å²) in [6.07, 6.45) is 1.42. The molecule has 1 heterocycles. The maximum absolute atomic E-state index is 14.7. The van der Waals surface area contributed by atoms with Gasteiger partial charge < -0.3 is 15.0 Å². The predicted octanol–water partition coefficient (Wildman–Crippen LogP) is 5.91. The predicted molar refractivity (Wildman–Crippen MR) is 169 cm³/mol. The summed E-state index contributed by atoms with van der Waals surface area (Å²) in [5.74, 6) is -1.05. The Labute approximate surface area is 261 Å². The van der Waals surface area contributed by atoms with Crippen LogP contribution in [0.25, 0.3) is 0 Å². The molecule has 4 aromatic rings. The molecular weight excluding hydrogens is 570 g/mol. The SMILES string of the molecule is O=C(CCc1ccccc1)N[C@H]1[C@@H](OC(=O)c2ccc([N+](=O)[O-])cc2)CCC[C@]12C(=O)N(Cc1ccccc1)c1ccccc12. The van der Waals surface area contributed by atoms with Crippen molar-refractivity contribution in [1.29, 1.82) is 0 Å². The number of para-hydroxylation sites is 1. The van der Waals surface area contributed by atoms with Crippen LogP contribution in [0.4, 0.5) is 11.4 Å². The number of hydrogen-bond acceptors (Lipinski definition) is 6. The van der Waals surface area contributed by atoms with Crippen molar-refractivity contribution in [3.8, 4) is 0 Å². The van der Waals surface area contributed by atoms with Gasteiger partial charge >= 0.3 is 5.97 Å². The number of carbonyl (C=O) groups excluding carboxylic acids is 3. The van der Waals surface area contributed by atoms with E-state index in [2.05, 4.69) is 5.32 Å². The maximum atomic E-state index is 14.7. The normalized spacial score (nSPS) is 20.4. The highest BCUT2D eigenvalue weighted by Crippen LogP contribution is 2.51. The molecule has 0 bridgehead atoms. The van der Waals surface area contributed by atoms with Gasteiger partial charge in [-0.25, -0.2) is 4.79 Å². The third-order valence-corrected chi connectivity index (χ3v) is 8.82. The summed E-state index contributed by atoms with van der Waals surface area (Å²) in [6, 6.07) is 31.4. The van der Waals surface area contributed by atoms with E-state index in [9.17, 15) is 24.5 Å². The smallest absolute Gasteiger partial charge is 0.338 e. The lowest BCUT2D eigenvalue weighted by atomic mass is 9.65. The molecule has 4 aromatic carbocycles. The Morgan fingerprint density at radius 2 is 1.53 bits per heavy atom. The largest absolute Gasteiger partial charge is 0.457 e. The summed E-state index contributed by atoms with van der Waals surface area (Å²) in [6.45, 7) is 0.361. The van der Waals surface area contributed by atoms with Gasteiger partial charge in [0, 0.05) is 24.2 Å². The standard InChI is InChI=1S/C36H33N3O6/c40-32(22-17-25-10-3-1-4-11-25)37-33-31(45-34(41)27-18-20-28(21-19-27)39(43)44)16-9-23-36(33)29-14-7-8-15-30(29)38(35(36)42)24-26-12-5-2-6-13-26/h1-8,10-15,18-21,31,33H,9,16-17,22-24H2,(H,37,40)/t31-,33-,36+/m0/s1. The number of anilines is 1. The number of nitro benzene ring substituents is 1. The zero-order valence-corrected chi connectivity index (χ0v) is 24.6. The van der Waals surface area contributed by atoms with Crippen molar-refractivity contribution < 1.29 is 24.0 Å². The fraction of sp³-hybridized carbons (Fsp3) is 0.250. The first kappa shape index (κ1) is 29.7. The first-order chi connectivity index (χ1) is 21.9. The zero-order valence-electron chi connectivity index (χ0n) is 24.6. The summed E-state index contributed by atoms with van der Waals surface area (Å²) in [5, 5.41) is 14.3. The van der Waals surface area contributed by atoms with Gasteiger partial charge in [0.2, 0.25) is 11.8 Å². The van der Waals surface area contributed by atoms with E-state index < -0.39 is 28.5 Å². The highest BCUT2D eigenvalue weighted by molar-refractivity contribution is 6.09. The van der Waals surface area contributed by atoms with Crippen LogP contribution in [0.15, 0.2) is 109 Å². The van der Waals surface area contributed by atoms with Crippen molar-refractivity contribution in [2.75, 3.05) is 4.90 Å². The Hall–Kier alpha value is -5.31. The molecule has 1 aliphatic heterocycles. The second-order valence-electron chi connectivity index (χ2n) is 11.5. The highest BCUT2D eigenvalue weighted by Gasteiger charge is 2.60. The maximum Gasteiger partial charge on any atom is 0.338 e. The number of rotatable bonds is 9. The molecule has 0 aromatic heterocycles. The van der Waals surface area contributed by atoms with Gasteiger partial charge in [-0.15, -0.1) is 0 Å². The van der Waals surface area contributed by atoms with Crippen LogP contribution in [0.5, 0.6) is 0 Å². The van der Waals surface area contributed by atoms with Crippen LogP contribution in [0.3, 0.4) is 0 Å². The Kier molecular flexibility index (Phi) is 8.42. The molecule has 3 atom stereocenters. The summed E-state index contributed by atoms with van der Waals surface area (Å²) in [7, 11) is 0. The fourth-order valence-electron chi connectivity index (χ4n) is 6.65. The summed E-state index contributed by atoms with van der Waals surface area (Å²) in [4.78, 5) is 54.0. The number of nitrogens with zero attached hydrogens (tertiary/aromatic N) is 2. The molecule has 6 rings (SSSR count). The van der Waals surface area contributed by atoms with E-state index in [0.29, 0.717) is 32.2 Å². The first-order valence-corrected chi connectivity index (χ1v) is 15.1. The van der Waals surface area contributed by atoms with Crippen LogP contribution >= 0.6 is 0 Å². The number of ether oxygens (including phenoxy) is 1. The molecule has 1 N–H and O–H groups in total. The van der Waals surface area contributed by atoms with Gasteiger partial charge in [-0.2, -0.15) is 0 Å². The van der Waals surface area contributed by atoms with Crippen molar-refractivity contribution >= 4 is 29.2 Å². The number of nitrogens with one attached hydrogen (secondary N) is 1. The van der Waals surface area contributed by atoms with E-state index in [1.54, 1.807) is 4.90 Å². The van der Waals surface area contributed by atoms with Crippen LogP contribution in [-0.2, 0) is 32.7 Å². The molecule has 0 saturated heterocycles. The minimum atomic E-state index is -1.15. The van der Waals surface area contributed by atoms with E-state index in [1.807, 2.05) is 84.9 Å². The van der Waals surface area contributed by atoms with Gasteiger partial charge in [-0.05, 0) is 60.6 Å². The monoisotopic (exact) mass is 603 g/mol. The number of non-ortho nitro benzene ring substituents is 1. The number of benzene rings is 4. The van der Waals surface area contributed by atoms with Gasteiger partial charge in [0.25, 0.3) is 5.69 Å². The lowest BCUT2D eigenvalue weighted by molar-refractivity contribution is -0.384. The number of aryl methyl sites for hydroxylation is 1. The van der Waals surface area contributed by atoms with Gasteiger partial charge in [-0.1, -0.05) is 78.9 Å². The molecule has 228 valence electrons. The molecule has 1 saturated carbocycles. The van der Waals surface area contributed by atoms with E-state index in [4.69, 9.17) is 4.74 Å². The number of amides is 2. The number of hydrogen-bond donors (Lipinski definition) is 1. The Morgan fingerprint density at radius 3 is 2.22 bits per heavy atom. The topological polar surface area (TPSA) is 119 Å². The lowest BCUT2D eigenvalue weighted by Crippen LogP contribution is -2.63. The van der Waals surface area contributed by atoms with Crippen molar-refractivity contribution in [3.63, 3.8) is 0 Å². The Bertz CT molecular complexity index is 1710. The van der Waals surface area contributed by atoms with E-state index in [0.717, 1.165) is 22.4 Å². The minimum absolute atomic E-state index is 0.140. The van der Waals surface area contributed by atoms with Crippen LogP contribution in [0, 0.1) is 10.1 Å². The number of nitro groups is 1. The molecule has 45 heavy (non-hydrogen) atoms. The highest BCUT2D eigenvalue weighted by atomic mass is 16.6. The van der Waals surface area contributed by atoms with Crippen molar-refractivity contribution in [2.45, 2.75) is 56.2 Å². The summed E-state index contributed by atoms with van der Waals surface area (Å²) >= 11 is 0. The van der Waals surface area contributed by atoms with Gasteiger partial charge in [-0.3, -0.25) is 19.7 Å². The quantitative estimate of drug-likeness (QED) is 0.144. The van der Waals surface area contributed by atoms with Gasteiger partial charge in [0.05, 0.1) is 23.1 Å². The van der Waals surface area contributed by atoms with E-state index >= 15 is 0 Å². The number of esters is 1. The molecule has 9 nitrogen and oxygen atoms in total.